The van der Waals surface area contributed by atoms with Gasteiger partial charge < -0.3 is 9.47 Å². The molecule has 2 aromatic heterocycles. The predicted octanol–water partition coefficient (Wildman–Crippen LogP) is 2.95. The van der Waals surface area contributed by atoms with Crippen LogP contribution in [0.1, 0.15) is 23.8 Å². The lowest BCUT2D eigenvalue weighted by Crippen LogP contribution is -2.27. The van der Waals surface area contributed by atoms with Gasteiger partial charge in [-0.15, -0.1) is 11.3 Å². The number of aromatic nitrogens is 2. The number of ether oxygens (including phenoxy) is 2. The van der Waals surface area contributed by atoms with E-state index >= 15 is 0 Å². The molecule has 0 unspecified atom stereocenters. The van der Waals surface area contributed by atoms with Gasteiger partial charge in [0.15, 0.2) is 5.16 Å². The number of hydrogen-bond acceptors (Lipinski definition) is 6. The van der Waals surface area contributed by atoms with Gasteiger partial charge >= 0.3 is 0 Å². The molecule has 3 rings (SSSR count). The minimum absolute atomic E-state index is 0.0738. The van der Waals surface area contributed by atoms with Gasteiger partial charge in [0, 0.05) is 17.2 Å². The van der Waals surface area contributed by atoms with Gasteiger partial charge in [0.1, 0.15) is 11.6 Å². The van der Waals surface area contributed by atoms with Crippen LogP contribution < -0.4 is 5.56 Å². The van der Waals surface area contributed by atoms with E-state index in [4.69, 9.17) is 14.5 Å². The molecule has 2 aromatic rings. The van der Waals surface area contributed by atoms with Crippen LogP contribution in [0.25, 0.3) is 10.2 Å². The van der Waals surface area contributed by atoms with Crippen molar-refractivity contribution in [1.82, 2.24) is 9.55 Å². The average Bonchev–Trinajstić information content (AvgIpc) is 2.81. The van der Waals surface area contributed by atoms with Crippen molar-refractivity contribution in [1.29, 1.82) is 0 Å². The number of hydrogen-bond donors (Lipinski definition) is 0. The summed E-state index contributed by atoms with van der Waals surface area (Å²) in [5.41, 5.74) is 1.13. The molecule has 0 saturated carbocycles. The maximum absolute atomic E-state index is 12.7. The Balaban J connectivity index is 1.92. The van der Waals surface area contributed by atoms with Crippen LogP contribution in [-0.4, -0.2) is 34.8 Å². The van der Waals surface area contributed by atoms with Crippen molar-refractivity contribution in [2.75, 3.05) is 19.2 Å². The second-order valence-electron chi connectivity index (χ2n) is 5.32. The molecule has 1 aliphatic heterocycles. The second-order valence-corrected chi connectivity index (χ2v) is 7.51. The van der Waals surface area contributed by atoms with Crippen molar-refractivity contribution in [3.8, 4) is 0 Å². The van der Waals surface area contributed by atoms with Gasteiger partial charge in [-0.2, -0.15) is 0 Å². The third-order valence-electron chi connectivity index (χ3n) is 3.94. The lowest BCUT2D eigenvalue weighted by atomic mass is 10.2. The van der Waals surface area contributed by atoms with Crippen LogP contribution in [0, 0.1) is 13.8 Å². The van der Waals surface area contributed by atoms with Gasteiger partial charge in [-0.1, -0.05) is 11.8 Å². The maximum atomic E-state index is 12.7. The Kier molecular flexibility index (Phi) is 4.87. The SMILES string of the molecule is CCn1c(SC[C@H]2CCOCO2)nc2sc(C)c(C)c2c1=O. The third-order valence-corrected chi connectivity index (χ3v) is 6.15. The monoisotopic (exact) mass is 340 g/mol. The largest absolute Gasteiger partial charge is 0.355 e. The summed E-state index contributed by atoms with van der Waals surface area (Å²) in [6.45, 7) is 7.76. The van der Waals surface area contributed by atoms with Crippen molar-refractivity contribution in [3.63, 3.8) is 0 Å². The van der Waals surface area contributed by atoms with Gasteiger partial charge in [0.25, 0.3) is 5.56 Å². The molecule has 0 aliphatic carbocycles. The first kappa shape index (κ1) is 16.0. The molecule has 0 spiro atoms. The molecule has 7 heteroatoms. The van der Waals surface area contributed by atoms with Crippen molar-refractivity contribution in [2.45, 2.75) is 45.0 Å². The van der Waals surface area contributed by atoms with E-state index in [1.165, 1.54) is 0 Å². The summed E-state index contributed by atoms with van der Waals surface area (Å²) in [6.07, 6.45) is 1.06. The number of aryl methyl sites for hydroxylation is 2. The van der Waals surface area contributed by atoms with E-state index in [1.54, 1.807) is 27.7 Å². The first-order valence-electron chi connectivity index (χ1n) is 7.44. The number of fused-ring (bicyclic) bond motifs is 1. The zero-order valence-corrected chi connectivity index (χ0v) is 14.7. The molecule has 0 amide bonds. The standard InChI is InChI=1S/C15H20N2O3S2/c1-4-17-14(18)12-9(2)10(3)22-13(12)16-15(17)21-7-11-5-6-19-8-20-11/h11H,4-8H2,1-3H3/t11-/m1/s1. The Morgan fingerprint density at radius 3 is 2.95 bits per heavy atom. The molecule has 1 atom stereocenters. The highest BCUT2D eigenvalue weighted by Gasteiger charge is 2.19. The molecule has 1 saturated heterocycles. The fourth-order valence-corrected chi connectivity index (χ4v) is 4.70. The molecule has 0 N–H and O–H groups in total. The Morgan fingerprint density at radius 2 is 2.27 bits per heavy atom. The zero-order valence-electron chi connectivity index (χ0n) is 13.0. The van der Waals surface area contributed by atoms with Crippen LogP contribution >= 0.6 is 23.1 Å². The van der Waals surface area contributed by atoms with Crippen LogP contribution in [0.4, 0.5) is 0 Å². The molecule has 120 valence electrons. The van der Waals surface area contributed by atoms with Crippen molar-refractivity contribution in [2.24, 2.45) is 0 Å². The lowest BCUT2D eigenvalue weighted by molar-refractivity contribution is -0.130. The van der Waals surface area contributed by atoms with Crippen molar-refractivity contribution < 1.29 is 9.47 Å². The first-order chi connectivity index (χ1) is 10.6. The van der Waals surface area contributed by atoms with E-state index < -0.39 is 0 Å². The molecule has 1 fully saturated rings. The Labute approximate surface area is 137 Å². The van der Waals surface area contributed by atoms with Gasteiger partial charge in [-0.05, 0) is 32.8 Å². The molecule has 3 heterocycles. The molecular weight excluding hydrogens is 320 g/mol. The first-order valence-corrected chi connectivity index (χ1v) is 9.24. The molecular formula is C15H20N2O3S2. The Morgan fingerprint density at radius 1 is 1.45 bits per heavy atom. The van der Waals surface area contributed by atoms with Crippen LogP contribution in [-0.2, 0) is 16.0 Å². The van der Waals surface area contributed by atoms with Crippen LogP contribution in [0.5, 0.6) is 0 Å². The van der Waals surface area contributed by atoms with Crippen LogP contribution in [0.15, 0.2) is 9.95 Å². The van der Waals surface area contributed by atoms with E-state index in [2.05, 4.69) is 0 Å². The molecule has 5 nitrogen and oxygen atoms in total. The third kappa shape index (κ3) is 2.95. The highest BCUT2D eigenvalue weighted by Crippen LogP contribution is 2.29. The summed E-state index contributed by atoms with van der Waals surface area (Å²) in [4.78, 5) is 19.5. The molecule has 0 radical (unpaired) electrons. The Bertz CT molecular complexity index is 732. The lowest BCUT2D eigenvalue weighted by Gasteiger charge is -2.22. The number of thiophene rings is 1. The van der Waals surface area contributed by atoms with Gasteiger partial charge in [0.05, 0.1) is 18.1 Å². The summed E-state index contributed by atoms with van der Waals surface area (Å²) < 4.78 is 12.5. The topological polar surface area (TPSA) is 53.4 Å². The summed E-state index contributed by atoms with van der Waals surface area (Å²) in [6, 6.07) is 0. The second kappa shape index (κ2) is 6.70. The van der Waals surface area contributed by atoms with E-state index in [9.17, 15) is 4.79 Å². The quantitative estimate of drug-likeness (QED) is 0.633. The van der Waals surface area contributed by atoms with Crippen molar-refractivity contribution in [3.05, 3.63) is 20.8 Å². The molecule has 1 aliphatic rings. The number of rotatable bonds is 4. The zero-order chi connectivity index (χ0) is 15.7. The van der Waals surface area contributed by atoms with Gasteiger partial charge in [-0.25, -0.2) is 4.98 Å². The number of thioether (sulfide) groups is 1. The van der Waals surface area contributed by atoms with Gasteiger partial charge in [0.2, 0.25) is 0 Å². The van der Waals surface area contributed by atoms with Crippen molar-refractivity contribution >= 4 is 33.3 Å². The summed E-state index contributed by atoms with van der Waals surface area (Å²) in [5, 5.41) is 1.56. The number of nitrogens with zero attached hydrogens (tertiary/aromatic N) is 2. The fourth-order valence-electron chi connectivity index (χ4n) is 2.50. The van der Waals surface area contributed by atoms with E-state index in [-0.39, 0.29) is 11.7 Å². The molecule has 0 bridgehead atoms. The average molecular weight is 340 g/mol. The molecule has 22 heavy (non-hydrogen) atoms. The fraction of sp³-hybridized carbons (Fsp3) is 0.600. The summed E-state index contributed by atoms with van der Waals surface area (Å²) in [5.74, 6) is 0.796. The van der Waals surface area contributed by atoms with Gasteiger partial charge in [-0.3, -0.25) is 9.36 Å². The van der Waals surface area contributed by atoms with E-state index in [0.717, 1.165) is 44.6 Å². The summed E-state index contributed by atoms with van der Waals surface area (Å²) >= 11 is 3.20. The molecule has 0 aromatic carbocycles. The van der Waals surface area contributed by atoms with Crippen LogP contribution in [0.2, 0.25) is 0 Å². The van der Waals surface area contributed by atoms with Crippen LogP contribution in [0.3, 0.4) is 0 Å². The summed E-state index contributed by atoms with van der Waals surface area (Å²) in [7, 11) is 0. The van der Waals surface area contributed by atoms with E-state index in [1.807, 2.05) is 20.8 Å². The maximum Gasteiger partial charge on any atom is 0.263 e. The predicted molar refractivity (Wildman–Crippen MR) is 90.1 cm³/mol. The Hall–Kier alpha value is -0.890. The highest BCUT2D eigenvalue weighted by molar-refractivity contribution is 7.99. The minimum atomic E-state index is 0.0738. The smallest absolute Gasteiger partial charge is 0.263 e. The minimum Gasteiger partial charge on any atom is -0.355 e. The van der Waals surface area contributed by atoms with E-state index in [0.29, 0.717) is 13.3 Å². The highest BCUT2D eigenvalue weighted by atomic mass is 32.2. The normalized spacial score (nSPS) is 19.0.